The maximum Gasteiger partial charge on any atom is 0.169 e. The third-order valence-corrected chi connectivity index (χ3v) is 3.67. The van der Waals surface area contributed by atoms with Crippen molar-refractivity contribution in [2.24, 2.45) is 0 Å². The van der Waals surface area contributed by atoms with Gasteiger partial charge in [0.15, 0.2) is 5.78 Å². The summed E-state index contributed by atoms with van der Waals surface area (Å²) in [5, 5.41) is 0. The highest BCUT2D eigenvalue weighted by atomic mass is 79.9. The predicted molar refractivity (Wildman–Crippen MR) is 86.1 cm³/mol. The summed E-state index contributed by atoms with van der Waals surface area (Å²) in [5.74, 6) is 1.10. The molecule has 0 aliphatic carbocycles. The summed E-state index contributed by atoms with van der Waals surface area (Å²) in [6.45, 7) is 0. The van der Waals surface area contributed by atoms with Gasteiger partial charge in [-0.05, 0) is 30.3 Å². The Hall–Kier alpha value is -2.01. The molecule has 0 aromatic heterocycles. The number of anilines is 1. The van der Waals surface area contributed by atoms with Crippen molar-refractivity contribution in [3.05, 3.63) is 52.0 Å². The Bertz CT molecular complexity index is 671. The number of benzene rings is 2. The minimum absolute atomic E-state index is 0.0807. The Labute approximate surface area is 132 Å². The summed E-state index contributed by atoms with van der Waals surface area (Å²) in [4.78, 5) is 12.5. The number of nitrogen functional groups attached to an aromatic ring is 1. The summed E-state index contributed by atoms with van der Waals surface area (Å²) in [6.07, 6.45) is 0.208. The van der Waals surface area contributed by atoms with Gasteiger partial charge >= 0.3 is 0 Å². The second-order valence-corrected chi connectivity index (χ2v) is 5.39. The summed E-state index contributed by atoms with van der Waals surface area (Å²) in [5.41, 5.74) is 7.58. The van der Waals surface area contributed by atoms with Crippen LogP contribution in [0.2, 0.25) is 0 Å². The van der Waals surface area contributed by atoms with E-state index >= 15 is 0 Å². The fraction of sp³-hybridized carbons (Fsp3) is 0.188. The summed E-state index contributed by atoms with van der Waals surface area (Å²) in [7, 11) is 3.11. The molecule has 0 saturated heterocycles. The molecule has 0 fully saturated rings. The van der Waals surface area contributed by atoms with E-state index in [0.717, 1.165) is 10.0 Å². The van der Waals surface area contributed by atoms with Gasteiger partial charge in [0.1, 0.15) is 11.5 Å². The smallest absolute Gasteiger partial charge is 0.169 e. The number of Topliss-reactive ketones (excluding diaryl/α,β-unsaturated/α-hetero) is 1. The van der Waals surface area contributed by atoms with Crippen molar-refractivity contribution in [1.82, 2.24) is 0 Å². The lowest BCUT2D eigenvalue weighted by Gasteiger charge is -2.11. The molecule has 2 aromatic rings. The van der Waals surface area contributed by atoms with Gasteiger partial charge in [0, 0.05) is 22.0 Å². The average molecular weight is 350 g/mol. The van der Waals surface area contributed by atoms with E-state index in [0.29, 0.717) is 22.7 Å². The van der Waals surface area contributed by atoms with Crippen molar-refractivity contribution in [2.75, 3.05) is 20.0 Å². The molecule has 4 nitrogen and oxygen atoms in total. The monoisotopic (exact) mass is 349 g/mol. The van der Waals surface area contributed by atoms with Gasteiger partial charge in [-0.1, -0.05) is 22.0 Å². The summed E-state index contributed by atoms with van der Waals surface area (Å²) < 4.78 is 11.3. The molecule has 0 spiro atoms. The lowest BCUT2D eigenvalue weighted by atomic mass is 10.0. The standard InChI is InChI=1S/C16H16BrNO3/c1-20-14-7-6-11(17)8-10(14)9-13(19)12-4-3-5-15(21-2)16(12)18/h3-8H,9,18H2,1-2H3. The zero-order chi connectivity index (χ0) is 15.4. The first-order valence-corrected chi connectivity index (χ1v) is 7.14. The normalized spacial score (nSPS) is 10.2. The third kappa shape index (κ3) is 3.36. The lowest BCUT2D eigenvalue weighted by Crippen LogP contribution is -2.09. The molecule has 0 amide bonds. The van der Waals surface area contributed by atoms with Crippen LogP contribution in [0.3, 0.4) is 0 Å². The van der Waals surface area contributed by atoms with E-state index in [9.17, 15) is 4.79 Å². The SMILES string of the molecule is COc1ccc(Br)cc1CC(=O)c1cccc(OC)c1N. The molecule has 110 valence electrons. The van der Waals surface area contributed by atoms with Gasteiger partial charge in [-0.15, -0.1) is 0 Å². The number of para-hydroxylation sites is 1. The average Bonchev–Trinajstić information content (AvgIpc) is 2.47. The minimum atomic E-state index is -0.0807. The first-order chi connectivity index (χ1) is 10.1. The molecule has 0 aliphatic rings. The van der Waals surface area contributed by atoms with Crippen molar-refractivity contribution in [1.29, 1.82) is 0 Å². The second kappa shape index (κ2) is 6.63. The number of carbonyl (C=O) groups is 1. The fourth-order valence-electron chi connectivity index (χ4n) is 2.12. The summed E-state index contributed by atoms with van der Waals surface area (Å²) in [6, 6.07) is 10.7. The molecular formula is C16H16BrNO3. The molecule has 2 aromatic carbocycles. The van der Waals surface area contributed by atoms with Gasteiger partial charge in [-0.2, -0.15) is 0 Å². The van der Waals surface area contributed by atoms with E-state index < -0.39 is 0 Å². The molecule has 0 unspecified atom stereocenters. The molecule has 2 rings (SSSR count). The van der Waals surface area contributed by atoms with E-state index in [-0.39, 0.29) is 12.2 Å². The number of halogens is 1. The largest absolute Gasteiger partial charge is 0.496 e. The molecule has 2 N–H and O–H groups in total. The first-order valence-electron chi connectivity index (χ1n) is 6.35. The van der Waals surface area contributed by atoms with Crippen LogP contribution in [0.4, 0.5) is 5.69 Å². The van der Waals surface area contributed by atoms with E-state index in [1.54, 1.807) is 25.3 Å². The zero-order valence-corrected chi connectivity index (χ0v) is 13.4. The van der Waals surface area contributed by atoms with Crippen molar-refractivity contribution in [2.45, 2.75) is 6.42 Å². The Morgan fingerprint density at radius 1 is 1.14 bits per heavy atom. The van der Waals surface area contributed by atoms with Crippen LogP contribution >= 0.6 is 15.9 Å². The molecule has 0 heterocycles. The number of hydrogen-bond acceptors (Lipinski definition) is 4. The topological polar surface area (TPSA) is 61.5 Å². The molecule has 0 bridgehead atoms. The lowest BCUT2D eigenvalue weighted by molar-refractivity contribution is 0.0992. The Kier molecular flexibility index (Phi) is 4.85. The van der Waals surface area contributed by atoms with Crippen molar-refractivity contribution < 1.29 is 14.3 Å². The number of ketones is 1. The number of methoxy groups -OCH3 is 2. The van der Waals surface area contributed by atoms with Crippen LogP contribution in [-0.2, 0) is 6.42 Å². The quantitative estimate of drug-likeness (QED) is 0.663. The van der Waals surface area contributed by atoms with Crippen LogP contribution in [-0.4, -0.2) is 20.0 Å². The minimum Gasteiger partial charge on any atom is -0.496 e. The Balaban J connectivity index is 2.32. The van der Waals surface area contributed by atoms with Crippen LogP contribution in [0.5, 0.6) is 11.5 Å². The van der Waals surface area contributed by atoms with Crippen molar-refractivity contribution in [3.8, 4) is 11.5 Å². The molecule has 21 heavy (non-hydrogen) atoms. The van der Waals surface area contributed by atoms with Gasteiger partial charge in [0.25, 0.3) is 0 Å². The number of carbonyl (C=O) groups excluding carboxylic acids is 1. The van der Waals surface area contributed by atoms with Gasteiger partial charge in [0.05, 0.1) is 19.9 Å². The van der Waals surface area contributed by atoms with Gasteiger partial charge in [-0.25, -0.2) is 0 Å². The number of nitrogens with two attached hydrogens (primary N) is 1. The van der Waals surface area contributed by atoms with Crippen molar-refractivity contribution >= 4 is 27.4 Å². The van der Waals surface area contributed by atoms with E-state index in [1.807, 2.05) is 18.2 Å². The van der Waals surface area contributed by atoms with Crippen molar-refractivity contribution in [3.63, 3.8) is 0 Å². The number of hydrogen-bond donors (Lipinski definition) is 1. The van der Waals surface area contributed by atoms with Crippen LogP contribution in [0.1, 0.15) is 15.9 Å². The summed E-state index contributed by atoms with van der Waals surface area (Å²) >= 11 is 3.40. The maximum absolute atomic E-state index is 12.5. The molecule has 0 aliphatic heterocycles. The maximum atomic E-state index is 12.5. The fourth-order valence-corrected chi connectivity index (χ4v) is 2.53. The molecular weight excluding hydrogens is 334 g/mol. The highest BCUT2D eigenvalue weighted by Gasteiger charge is 2.16. The van der Waals surface area contributed by atoms with Gasteiger partial charge < -0.3 is 15.2 Å². The highest BCUT2D eigenvalue weighted by Crippen LogP contribution is 2.28. The first kappa shape index (κ1) is 15.4. The predicted octanol–water partition coefficient (Wildman–Crippen LogP) is 3.47. The number of ether oxygens (including phenoxy) is 2. The van der Waals surface area contributed by atoms with Crippen LogP contribution in [0.15, 0.2) is 40.9 Å². The van der Waals surface area contributed by atoms with Gasteiger partial charge in [0.2, 0.25) is 0 Å². The molecule has 0 saturated carbocycles. The van der Waals surface area contributed by atoms with E-state index in [4.69, 9.17) is 15.2 Å². The second-order valence-electron chi connectivity index (χ2n) is 4.48. The molecule has 5 heteroatoms. The highest BCUT2D eigenvalue weighted by molar-refractivity contribution is 9.10. The van der Waals surface area contributed by atoms with Gasteiger partial charge in [-0.3, -0.25) is 4.79 Å². The third-order valence-electron chi connectivity index (χ3n) is 3.18. The Morgan fingerprint density at radius 2 is 1.86 bits per heavy atom. The zero-order valence-electron chi connectivity index (χ0n) is 11.9. The van der Waals surface area contributed by atoms with E-state index in [1.165, 1.54) is 7.11 Å². The van der Waals surface area contributed by atoms with E-state index in [2.05, 4.69) is 15.9 Å². The van der Waals surface area contributed by atoms with Crippen LogP contribution in [0, 0.1) is 0 Å². The number of rotatable bonds is 5. The molecule has 0 radical (unpaired) electrons. The van der Waals surface area contributed by atoms with Crippen LogP contribution in [0.25, 0.3) is 0 Å². The van der Waals surface area contributed by atoms with Crippen LogP contribution < -0.4 is 15.2 Å². The Morgan fingerprint density at radius 3 is 2.52 bits per heavy atom. The molecule has 0 atom stereocenters.